The molecule has 2 aliphatic heterocycles. The zero-order chi connectivity index (χ0) is 24.7. The molecular formula is C31H28BrN3O. The van der Waals surface area contributed by atoms with Crippen LogP contribution in [0, 0.1) is 51.2 Å². The summed E-state index contributed by atoms with van der Waals surface area (Å²) in [4.78, 5) is 17.2. The van der Waals surface area contributed by atoms with E-state index in [4.69, 9.17) is 0 Å². The summed E-state index contributed by atoms with van der Waals surface area (Å²) in [7, 11) is 0. The fourth-order valence-electron chi connectivity index (χ4n) is 9.02. The Morgan fingerprint density at radius 2 is 1.58 bits per heavy atom. The number of carbonyl (C=O) groups is 1. The van der Waals surface area contributed by atoms with Crippen LogP contribution < -0.4 is 4.90 Å². The van der Waals surface area contributed by atoms with Crippen LogP contribution in [-0.4, -0.2) is 17.9 Å². The van der Waals surface area contributed by atoms with E-state index in [-0.39, 0.29) is 11.2 Å². The van der Waals surface area contributed by atoms with Crippen molar-refractivity contribution in [1.82, 2.24) is 0 Å². The van der Waals surface area contributed by atoms with Crippen LogP contribution in [0.1, 0.15) is 55.6 Å². The summed E-state index contributed by atoms with van der Waals surface area (Å²) in [6.07, 6.45) is 10.7. The van der Waals surface area contributed by atoms with Crippen LogP contribution in [0.3, 0.4) is 0 Å². The van der Waals surface area contributed by atoms with Gasteiger partial charge in [0.2, 0.25) is 0 Å². The average Bonchev–Trinajstić information content (AvgIpc) is 3.18. The zero-order valence-corrected chi connectivity index (χ0v) is 21.7. The number of nitriles is 2. The third-order valence-electron chi connectivity index (χ3n) is 9.96. The first-order chi connectivity index (χ1) is 17.5. The number of carbonyl (C=O) groups excluding carboxylic acids is 1. The van der Waals surface area contributed by atoms with Gasteiger partial charge >= 0.3 is 0 Å². The number of Topliss-reactive ketones (excluding diaryl/α,β-unsaturated/α-hetero) is 1. The molecule has 5 heteroatoms. The van der Waals surface area contributed by atoms with E-state index < -0.39 is 23.4 Å². The van der Waals surface area contributed by atoms with E-state index in [0.717, 1.165) is 40.5 Å². The van der Waals surface area contributed by atoms with Crippen molar-refractivity contribution in [3.8, 4) is 12.1 Å². The minimum absolute atomic E-state index is 0.275. The van der Waals surface area contributed by atoms with Crippen LogP contribution in [0.2, 0.25) is 0 Å². The zero-order valence-electron chi connectivity index (χ0n) is 20.1. The fourth-order valence-corrected chi connectivity index (χ4v) is 9.40. The molecule has 4 saturated carbocycles. The van der Waals surface area contributed by atoms with Crippen LogP contribution >= 0.6 is 15.9 Å². The highest BCUT2D eigenvalue weighted by atomic mass is 79.9. The summed E-state index contributed by atoms with van der Waals surface area (Å²) >= 11 is 3.59. The summed E-state index contributed by atoms with van der Waals surface area (Å²) in [6.45, 7) is 0. The molecule has 2 aromatic rings. The van der Waals surface area contributed by atoms with E-state index in [1.807, 2.05) is 54.6 Å². The molecule has 2 heterocycles. The molecule has 5 fully saturated rings. The lowest BCUT2D eigenvalue weighted by Gasteiger charge is -2.57. The Morgan fingerprint density at radius 3 is 2.19 bits per heavy atom. The van der Waals surface area contributed by atoms with Crippen LogP contribution in [-0.2, 0) is 4.79 Å². The highest BCUT2D eigenvalue weighted by Gasteiger charge is 2.66. The fraction of sp³-hybridized carbons (Fsp3) is 0.452. The van der Waals surface area contributed by atoms with Crippen molar-refractivity contribution in [3.63, 3.8) is 0 Å². The van der Waals surface area contributed by atoms with Crippen molar-refractivity contribution in [1.29, 1.82) is 10.5 Å². The third-order valence-corrected chi connectivity index (χ3v) is 10.4. The van der Waals surface area contributed by atoms with E-state index in [1.54, 1.807) is 0 Å². The molecule has 4 nitrogen and oxygen atoms in total. The molecule has 4 aliphatic carbocycles. The lowest BCUT2D eigenvalue weighted by Crippen LogP contribution is -2.56. The number of benzene rings is 2. The summed E-state index contributed by atoms with van der Waals surface area (Å²) < 4.78 is 0.971. The van der Waals surface area contributed by atoms with Gasteiger partial charge in [0.1, 0.15) is 0 Å². The summed E-state index contributed by atoms with van der Waals surface area (Å²) in [5.41, 5.74) is 1.19. The first kappa shape index (κ1) is 22.3. The standard InChI is InChI=1S/C31H28BrN3O/c32-24-7-8-25-23(13-24)6-9-26-31(17-33,18-34)27(22-4-2-1-3-5-22)28(35(25)26)29(36)30-14-19-10-20(15-30)12-21(11-19)16-30/h1-9,13,19-21,26-28H,10-12,14-16H2/t19?,20?,21?,26-,27-,28+,30?/m1/s1. The molecule has 36 heavy (non-hydrogen) atoms. The summed E-state index contributed by atoms with van der Waals surface area (Å²) in [5.74, 6) is 1.70. The van der Waals surface area contributed by atoms with E-state index in [2.05, 4.69) is 39.0 Å². The molecule has 0 unspecified atom stereocenters. The second-order valence-electron chi connectivity index (χ2n) is 11.9. The Labute approximate surface area is 220 Å². The molecule has 0 aromatic heterocycles. The van der Waals surface area contributed by atoms with Gasteiger partial charge in [0.25, 0.3) is 0 Å². The van der Waals surface area contributed by atoms with Crippen LogP contribution in [0.4, 0.5) is 5.69 Å². The molecule has 1 saturated heterocycles. The van der Waals surface area contributed by atoms with Gasteiger partial charge in [-0.25, -0.2) is 0 Å². The maximum absolute atomic E-state index is 15.0. The number of hydrogen-bond acceptors (Lipinski definition) is 4. The van der Waals surface area contributed by atoms with Crippen molar-refractivity contribution < 1.29 is 4.79 Å². The van der Waals surface area contributed by atoms with Crippen molar-refractivity contribution in [2.75, 3.05) is 4.90 Å². The quantitative estimate of drug-likeness (QED) is 0.440. The Bertz CT molecular complexity index is 1320. The molecular weight excluding hydrogens is 510 g/mol. The molecule has 4 bridgehead atoms. The Morgan fingerprint density at radius 1 is 0.944 bits per heavy atom. The Balaban J connectivity index is 1.44. The van der Waals surface area contributed by atoms with Crippen molar-refractivity contribution in [2.45, 2.75) is 56.5 Å². The SMILES string of the molecule is N#CC1(C#N)[C@H](c2ccccc2)[C@@H](C(=O)C23CC4CC(CC(C4)C2)C3)N2c3ccc(Br)cc3C=C[C@@H]21. The summed E-state index contributed by atoms with van der Waals surface area (Å²) in [5, 5.41) is 21.3. The van der Waals surface area contributed by atoms with Gasteiger partial charge in [0, 0.05) is 21.5 Å². The molecule has 0 amide bonds. The minimum Gasteiger partial charge on any atom is -0.351 e. The number of ketones is 1. The van der Waals surface area contributed by atoms with E-state index >= 15 is 4.79 Å². The van der Waals surface area contributed by atoms with E-state index in [1.165, 1.54) is 19.3 Å². The normalized spacial score (nSPS) is 36.6. The van der Waals surface area contributed by atoms with Crippen LogP contribution in [0.15, 0.2) is 59.1 Å². The number of rotatable bonds is 3. The second kappa shape index (κ2) is 7.80. The van der Waals surface area contributed by atoms with Crippen molar-refractivity contribution >= 4 is 33.5 Å². The number of halogens is 1. The van der Waals surface area contributed by atoms with Gasteiger partial charge in [-0.1, -0.05) is 58.4 Å². The van der Waals surface area contributed by atoms with Crippen LogP contribution in [0.25, 0.3) is 6.08 Å². The molecule has 3 atom stereocenters. The Hall–Kier alpha value is -2.89. The van der Waals surface area contributed by atoms with Gasteiger partial charge in [0.05, 0.1) is 24.2 Å². The van der Waals surface area contributed by atoms with Crippen molar-refractivity contribution in [2.24, 2.45) is 28.6 Å². The maximum Gasteiger partial charge on any atom is 0.176 e. The number of fused-ring (bicyclic) bond motifs is 3. The molecule has 2 aromatic carbocycles. The largest absolute Gasteiger partial charge is 0.351 e. The first-order valence-electron chi connectivity index (χ1n) is 13.2. The smallest absolute Gasteiger partial charge is 0.176 e. The van der Waals surface area contributed by atoms with Crippen molar-refractivity contribution in [3.05, 3.63) is 70.2 Å². The van der Waals surface area contributed by atoms with Gasteiger partial charge in [0.15, 0.2) is 11.2 Å². The molecule has 0 N–H and O–H groups in total. The van der Waals surface area contributed by atoms with Gasteiger partial charge < -0.3 is 4.90 Å². The van der Waals surface area contributed by atoms with E-state index in [0.29, 0.717) is 17.8 Å². The Kier molecular flexibility index (Phi) is 4.84. The third kappa shape index (κ3) is 2.93. The molecule has 0 spiro atoms. The van der Waals surface area contributed by atoms with Crippen LogP contribution in [0.5, 0.6) is 0 Å². The topological polar surface area (TPSA) is 67.9 Å². The van der Waals surface area contributed by atoms with Gasteiger partial charge in [-0.2, -0.15) is 10.5 Å². The lowest BCUT2D eigenvalue weighted by atomic mass is 9.47. The molecule has 6 aliphatic rings. The van der Waals surface area contributed by atoms with Gasteiger partial charge in [-0.3, -0.25) is 4.79 Å². The maximum atomic E-state index is 15.0. The van der Waals surface area contributed by atoms with Gasteiger partial charge in [-0.15, -0.1) is 0 Å². The van der Waals surface area contributed by atoms with Gasteiger partial charge in [-0.05, 0) is 85.6 Å². The highest BCUT2D eigenvalue weighted by molar-refractivity contribution is 9.10. The molecule has 8 rings (SSSR count). The monoisotopic (exact) mass is 537 g/mol. The predicted molar refractivity (Wildman–Crippen MR) is 142 cm³/mol. The predicted octanol–water partition coefficient (Wildman–Crippen LogP) is 6.64. The average molecular weight is 538 g/mol. The lowest BCUT2D eigenvalue weighted by molar-refractivity contribution is -0.145. The minimum atomic E-state index is -1.36. The second-order valence-corrected chi connectivity index (χ2v) is 12.8. The number of anilines is 1. The number of hydrogen-bond donors (Lipinski definition) is 0. The van der Waals surface area contributed by atoms with E-state index in [9.17, 15) is 10.5 Å². The first-order valence-corrected chi connectivity index (χ1v) is 14.0. The molecule has 0 radical (unpaired) electrons. The highest BCUT2D eigenvalue weighted by Crippen LogP contribution is 2.63. The molecule has 180 valence electrons. The summed E-state index contributed by atoms with van der Waals surface area (Å²) in [6, 6.07) is 19.9. The number of nitrogens with zero attached hydrogens (tertiary/aromatic N) is 3.